The van der Waals surface area contributed by atoms with Crippen molar-refractivity contribution in [2.45, 2.75) is 0 Å². The molecule has 1 aromatic carbocycles. The van der Waals surface area contributed by atoms with Crippen molar-refractivity contribution < 1.29 is 14.1 Å². The van der Waals surface area contributed by atoms with Crippen molar-refractivity contribution in [1.29, 1.82) is 0 Å². The minimum atomic E-state index is -0.606. The third-order valence-corrected chi connectivity index (χ3v) is 2.03. The highest BCUT2D eigenvalue weighted by Gasteiger charge is 2.12. The molecular weight excluding hydrogens is 220 g/mol. The van der Waals surface area contributed by atoms with E-state index in [1.807, 2.05) is 0 Å². The first-order valence-corrected chi connectivity index (χ1v) is 4.53. The molecule has 0 saturated carbocycles. The second kappa shape index (κ2) is 3.78. The molecule has 0 aliphatic carbocycles. The Hall–Kier alpha value is -1.75. The van der Waals surface area contributed by atoms with E-state index >= 15 is 0 Å². The number of benzene rings is 1. The van der Waals surface area contributed by atoms with Gasteiger partial charge in [-0.2, -0.15) is 0 Å². The first-order valence-electron chi connectivity index (χ1n) is 4.15. The third kappa shape index (κ3) is 1.87. The number of carbonyl (C=O) groups is 1. The van der Waals surface area contributed by atoms with Crippen molar-refractivity contribution in [3.05, 3.63) is 23.2 Å². The van der Waals surface area contributed by atoms with E-state index in [-0.39, 0.29) is 5.88 Å². The molecule has 5 nitrogen and oxygen atoms in total. The van der Waals surface area contributed by atoms with Gasteiger partial charge in [-0.05, 0) is 23.4 Å². The Kier molecular flexibility index (Phi) is 2.47. The van der Waals surface area contributed by atoms with Crippen LogP contribution in [0, 0.1) is 0 Å². The minimum absolute atomic E-state index is 0.104. The number of halogens is 1. The van der Waals surface area contributed by atoms with Crippen LogP contribution in [0.4, 0.5) is 4.79 Å². The highest BCUT2D eigenvalue weighted by atomic mass is 35.5. The van der Waals surface area contributed by atoms with Gasteiger partial charge in [-0.15, -0.1) is 0 Å². The number of carbonyl (C=O) groups excluding carboxylic acids is 1. The largest absolute Gasteiger partial charge is 0.413 e. The first-order chi connectivity index (χ1) is 7.20. The number of fused-ring (bicyclic) bond motifs is 1. The summed E-state index contributed by atoms with van der Waals surface area (Å²) in [4.78, 5) is 11.0. The fourth-order valence-electron chi connectivity index (χ4n) is 1.10. The maximum Gasteiger partial charge on any atom is 0.413 e. The molecule has 6 heteroatoms. The number of ether oxygens (including phenoxy) is 1. The monoisotopic (exact) mass is 226 g/mol. The van der Waals surface area contributed by atoms with Gasteiger partial charge in [0.1, 0.15) is 0 Å². The minimum Gasteiger partial charge on any atom is -0.387 e. The SMILES string of the molecule is CNC(=O)Oc1noc2ccc(Cl)cc12. The molecule has 0 aliphatic rings. The molecule has 0 bridgehead atoms. The number of hydrogen-bond acceptors (Lipinski definition) is 4. The smallest absolute Gasteiger partial charge is 0.387 e. The summed E-state index contributed by atoms with van der Waals surface area (Å²) in [6, 6.07) is 4.94. The van der Waals surface area contributed by atoms with Crippen LogP contribution in [0.5, 0.6) is 5.88 Å². The van der Waals surface area contributed by atoms with E-state index in [2.05, 4.69) is 10.5 Å². The predicted octanol–water partition coefficient (Wildman–Crippen LogP) is 2.20. The van der Waals surface area contributed by atoms with Gasteiger partial charge >= 0.3 is 6.09 Å². The molecule has 2 aromatic rings. The van der Waals surface area contributed by atoms with E-state index < -0.39 is 6.09 Å². The number of amides is 1. The lowest BCUT2D eigenvalue weighted by molar-refractivity contribution is 0.199. The summed E-state index contributed by atoms with van der Waals surface area (Å²) in [6.07, 6.45) is -0.606. The third-order valence-electron chi connectivity index (χ3n) is 1.79. The molecule has 1 N–H and O–H groups in total. The van der Waals surface area contributed by atoms with Crippen LogP contribution in [0.25, 0.3) is 11.0 Å². The molecule has 0 spiro atoms. The maximum absolute atomic E-state index is 11.0. The Morgan fingerprint density at radius 1 is 1.60 bits per heavy atom. The summed E-state index contributed by atoms with van der Waals surface area (Å²) in [5, 5.41) is 7.00. The van der Waals surface area contributed by atoms with Crippen LogP contribution in [0.1, 0.15) is 0 Å². The van der Waals surface area contributed by atoms with Gasteiger partial charge in [0, 0.05) is 12.1 Å². The van der Waals surface area contributed by atoms with Crippen LogP contribution in [-0.2, 0) is 0 Å². The summed E-state index contributed by atoms with van der Waals surface area (Å²) in [5.41, 5.74) is 0.512. The van der Waals surface area contributed by atoms with Crippen LogP contribution in [0.15, 0.2) is 22.7 Å². The number of hydrogen-bond donors (Lipinski definition) is 1. The van der Waals surface area contributed by atoms with Crippen molar-refractivity contribution in [2.75, 3.05) is 7.05 Å². The lowest BCUT2D eigenvalue weighted by atomic mass is 10.3. The lowest BCUT2D eigenvalue weighted by Gasteiger charge is -1.97. The normalized spacial score (nSPS) is 10.3. The molecule has 15 heavy (non-hydrogen) atoms. The lowest BCUT2D eigenvalue weighted by Crippen LogP contribution is -2.22. The molecule has 1 amide bonds. The van der Waals surface area contributed by atoms with Gasteiger partial charge in [0.05, 0.1) is 5.39 Å². The Morgan fingerprint density at radius 3 is 3.13 bits per heavy atom. The van der Waals surface area contributed by atoms with Gasteiger partial charge in [-0.25, -0.2) is 4.79 Å². The molecule has 1 heterocycles. The van der Waals surface area contributed by atoms with E-state index in [1.165, 1.54) is 7.05 Å². The van der Waals surface area contributed by atoms with Crippen LogP contribution in [0.2, 0.25) is 5.02 Å². The molecule has 1 aromatic heterocycles. The fraction of sp³-hybridized carbons (Fsp3) is 0.111. The summed E-state index contributed by atoms with van der Waals surface area (Å²) in [5.74, 6) is 0.104. The number of rotatable bonds is 1. The van der Waals surface area contributed by atoms with Gasteiger partial charge in [0.2, 0.25) is 0 Å². The van der Waals surface area contributed by atoms with E-state index in [0.717, 1.165) is 0 Å². The van der Waals surface area contributed by atoms with Crippen molar-refractivity contribution >= 4 is 28.7 Å². The predicted molar refractivity (Wildman–Crippen MR) is 54.1 cm³/mol. The maximum atomic E-state index is 11.0. The summed E-state index contributed by atoms with van der Waals surface area (Å²) >= 11 is 5.79. The fourth-order valence-corrected chi connectivity index (χ4v) is 1.27. The molecule has 0 unspecified atom stereocenters. The van der Waals surface area contributed by atoms with E-state index in [4.69, 9.17) is 20.9 Å². The van der Waals surface area contributed by atoms with E-state index in [9.17, 15) is 4.79 Å². The Bertz CT molecular complexity index is 509. The summed E-state index contributed by atoms with van der Waals surface area (Å²) in [6.45, 7) is 0. The van der Waals surface area contributed by atoms with Crippen LogP contribution >= 0.6 is 11.6 Å². The Balaban J connectivity index is 2.43. The first kappa shape index (κ1) is 9.79. The summed E-state index contributed by atoms with van der Waals surface area (Å²) in [7, 11) is 1.46. The number of nitrogens with one attached hydrogen (secondary N) is 1. The van der Waals surface area contributed by atoms with Crippen molar-refractivity contribution in [2.24, 2.45) is 0 Å². The van der Waals surface area contributed by atoms with Gasteiger partial charge in [0.25, 0.3) is 5.88 Å². The van der Waals surface area contributed by atoms with Crippen molar-refractivity contribution in [3.8, 4) is 5.88 Å². The van der Waals surface area contributed by atoms with Gasteiger partial charge in [-0.3, -0.25) is 0 Å². The number of aromatic nitrogens is 1. The topological polar surface area (TPSA) is 64.4 Å². The van der Waals surface area contributed by atoms with E-state index in [1.54, 1.807) is 18.2 Å². The average molecular weight is 227 g/mol. The molecule has 78 valence electrons. The quantitative estimate of drug-likeness (QED) is 0.810. The molecule has 0 fully saturated rings. The molecule has 0 aliphatic heterocycles. The standard InChI is InChI=1S/C9H7ClN2O3/c1-11-9(13)14-8-6-4-5(10)2-3-7(6)15-12-8/h2-4H,1H3,(H,11,13). The van der Waals surface area contributed by atoms with E-state index in [0.29, 0.717) is 16.0 Å². The van der Waals surface area contributed by atoms with Gasteiger partial charge < -0.3 is 14.6 Å². The molecule has 0 radical (unpaired) electrons. The molecular formula is C9H7ClN2O3. The molecule has 0 atom stereocenters. The molecule has 2 rings (SSSR count). The van der Waals surface area contributed by atoms with Crippen LogP contribution < -0.4 is 10.1 Å². The van der Waals surface area contributed by atoms with Crippen LogP contribution in [0.3, 0.4) is 0 Å². The highest BCUT2D eigenvalue weighted by molar-refractivity contribution is 6.31. The zero-order valence-corrected chi connectivity index (χ0v) is 8.54. The Morgan fingerprint density at radius 2 is 2.40 bits per heavy atom. The van der Waals surface area contributed by atoms with Crippen molar-refractivity contribution in [1.82, 2.24) is 10.5 Å². The van der Waals surface area contributed by atoms with Gasteiger partial charge in [-0.1, -0.05) is 11.6 Å². The highest BCUT2D eigenvalue weighted by Crippen LogP contribution is 2.27. The summed E-state index contributed by atoms with van der Waals surface area (Å²) < 4.78 is 9.79. The van der Waals surface area contributed by atoms with Gasteiger partial charge in [0.15, 0.2) is 5.58 Å². The molecule has 0 saturated heterocycles. The Labute approximate surface area is 89.9 Å². The second-order valence-corrected chi connectivity index (χ2v) is 3.20. The zero-order valence-electron chi connectivity index (χ0n) is 7.78. The number of nitrogens with zero attached hydrogens (tertiary/aromatic N) is 1. The zero-order chi connectivity index (χ0) is 10.8. The van der Waals surface area contributed by atoms with Crippen LogP contribution in [-0.4, -0.2) is 18.3 Å². The van der Waals surface area contributed by atoms with Crippen molar-refractivity contribution in [3.63, 3.8) is 0 Å². The second-order valence-electron chi connectivity index (χ2n) is 2.77. The average Bonchev–Trinajstić information content (AvgIpc) is 2.61.